The van der Waals surface area contributed by atoms with E-state index in [1.165, 1.54) is 18.0 Å². The maximum absolute atomic E-state index is 13.3. The predicted octanol–water partition coefficient (Wildman–Crippen LogP) is 2.48. The lowest BCUT2D eigenvalue weighted by Gasteiger charge is -2.17. The van der Waals surface area contributed by atoms with E-state index in [-0.39, 0.29) is 17.3 Å². The molecule has 1 aromatic carbocycles. The third-order valence-corrected chi connectivity index (χ3v) is 2.54. The molecule has 14 heavy (non-hydrogen) atoms. The van der Waals surface area contributed by atoms with Gasteiger partial charge < -0.3 is 4.90 Å². The molecular weight excluding hydrogens is 269 g/mol. The molecule has 2 nitrogen and oxygen atoms in total. The molecule has 0 heterocycles. The minimum Gasteiger partial charge on any atom is -0.312 e. The summed E-state index contributed by atoms with van der Waals surface area (Å²) in [4.78, 5) is 12.5. The van der Waals surface area contributed by atoms with Crippen LogP contribution in [-0.2, 0) is 4.79 Å². The molecule has 1 rings (SSSR count). The second-order valence-electron chi connectivity index (χ2n) is 2.71. The highest BCUT2D eigenvalue weighted by molar-refractivity contribution is 9.10. The Labute approximate surface area is 95.6 Å². The zero-order chi connectivity index (χ0) is 10.7. The molecule has 0 fully saturated rings. The van der Waals surface area contributed by atoms with Gasteiger partial charge in [0.25, 0.3) is 0 Å². The van der Waals surface area contributed by atoms with Crippen molar-refractivity contribution >= 4 is 40.2 Å². The average molecular weight is 278 g/mol. The van der Waals surface area contributed by atoms with Gasteiger partial charge in [0, 0.05) is 11.5 Å². The second-order valence-corrected chi connectivity index (χ2v) is 3.94. The summed E-state index contributed by atoms with van der Waals surface area (Å²) in [7, 11) is 1.52. The molecule has 0 aromatic heterocycles. The van der Waals surface area contributed by atoms with Crippen LogP contribution in [0.1, 0.15) is 0 Å². The van der Waals surface area contributed by atoms with Crippen molar-refractivity contribution in [3.63, 3.8) is 0 Å². The number of hydrogen-bond donors (Lipinski definition) is 1. The zero-order valence-electron chi connectivity index (χ0n) is 7.50. The fourth-order valence-electron chi connectivity index (χ4n) is 0.983. The third-order valence-electron chi connectivity index (χ3n) is 1.78. The molecule has 76 valence electrons. The summed E-state index contributed by atoms with van der Waals surface area (Å²) in [6.45, 7) is 0. The third kappa shape index (κ3) is 2.48. The predicted molar refractivity (Wildman–Crippen MR) is 61.4 cm³/mol. The van der Waals surface area contributed by atoms with Gasteiger partial charge >= 0.3 is 0 Å². The van der Waals surface area contributed by atoms with Crippen LogP contribution in [0.4, 0.5) is 10.1 Å². The zero-order valence-corrected chi connectivity index (χ0v) is 9.98. The molecule has 0 atom stereocenters. The highest BCUT2D eigenvalue weighted by Gasteiger charge is 2.13. The molecule has 5 heteroatoms. The normalized spacial score (nSPS) is 10.0. The van der Waals surface area contributed by atoms with Crippen molar-refractivity contribution in [1.82, 2.24) is 0 Å². The summed E-state index contributed by atoms with van der Waals surface area (Å²) in [5, 5.41) is 0. The lowest BCUT2D eigenvalue weighted by molar-refractivity contribution is -0.115. The minimum absolute atomic E-state index is 0.0580. The Morgan fingerprint density at radius 2 is 2.29 bits per heavy atom. The van der Waals surface area contributed by atoms with Crippen LogP contribution in [0.2, 0.25) is 0 Å². The van der Waals surface area contributed by atoms with Crippen molar-refractivity contribution in [2.45, 2.75) is 0 Å². The Morgan fingerprint density at radius 1 is 1.64 bits per heavy atom. The molecule has 0 aliphatic heterocycles. The highest BCUT2D eigenvalue weighted by atomic mass is 79.9. The number of thiol groups is 1. The van der Waals surface area contributed by atoms with Crippen molar-refractivity contribution in [3.05, 3.63) is 28.5 Å². The van der Waals surface area contributed by atoms with Gasteiger partial charge in [0.05, 0.1) is 11.4 Å². The lowest BCUT2D eigenvalue weighted by Crippen LogP contribution is -2.28. The monoisotopic (exact) mass is 277 g/mol. The standard InChI is InChI=1S/C9H9BrFNOS/c1-12(9(13)5-14)8-4-6(10)2-3-7(8)11/h2-4,14H,5H2,1H3. The Bertz CT molecular complexity index is 359. The van der Waals surface area contributed by atoms with Gasteiger partial charge in [0.15, 0.2) is 0 Å². The number of carbonyl (C=O) groups excluding carboxylic acids is 1. The average Bonchev–Trinajstić information content (AvgIpc) is 2.19. The van der Waals surface area contributed by atoms with Gasteiger partial charge in [0.1, 0.15) is 5.82 Å². The van der Waals surface area contributed by atoms with Crippen molar-refractivity contribution < 1.29 is 9.18 Å². The van der Waals surface area contributed by atoms with E-state index < -0.39 is 5.82 Å². The molecule has 0 N–H and O–H groups in total. The Balaban J connectivity index is 3.05. The highest BCUT2D eigenvalue weighted by Crippen LogP contribution is 2.23. The number of halogens is 2. The smallest absolute Gasteiger partial charge is 0.236 e. The van der Waals surface area contributed by atoms with Gasteiger partial charge in [-0.2, -0.15) is 12.6 Å². The molecule has 1 aromatic rings. The van der Waals surface area contributed by atoms with E-state index in [4.69, 9.17) is 0 Å². The molecule has 0 unspecified atom stereocenters. The van der Waals surface area contributed by atoms with Gasteiger partial charge in [-0.25, -0.2) is 4.39 Å². The summed E-state index contributed by atoms with van der Waals surface area (Å²) >= 11 is 7.05. The number of carbonyl (C=O) groups is 1. The van der Waals surface area contributed by atoms with Crippen molar-refractivity contribution in [3.8, 4) is 0 Å². The van der Waals surface area contributed by atoms with Crippen molar-refractivity contribution in [1.29, 1.82) is 0 Å². The summed E-state index contributed by atoms with van der Waals surface area (Å²) in [5.74, 6) is -0.612. The van der Waals surface area contributed by atoms with Crippen molar-refractivity contribution in [2.24, 2.45) is 0 Å². The number of amides is 1. The Morgan fingerprint density at radius 3 is 2.86 bits per heavy atom. The van der Waals surface area contributed by atoms with Crippen LogP contribution in [0.5, 0.6) is 0 Å². The largest absolute Gasteiger partial charge is 0.312 e. The van der Waals surface area contributed by atoms with E-state index in [9.17, 15) is 9.18 Å². The van der Waals surface area contributed by atoms with Crippen LogP contribution in [0.15, 0.2) is 22.7 Å². The van der Waals surface area contributed by atoms with Gasteiger partial charge in [-0.15, -0.1) is 0 Å². The summed E-state index contributed by atoms with van der Waals surface area (Å²) < 4.78 is 14.0. The quantitative estimate of drug-likeness (QED) is 0.824. The SMILES string of the molecule is CN(C(=O)CS)c1cc(Br)ccc1F. The van der Waals surface area contributed by atoms with Crippen LogP contribution in [0, 0.1) is 5.82 Å². The second kappa shape index (κ2) is 4.79. The van der Waals surface area contributed by atoms with Crippen LogP contribution < -0.4 is 4.90 Å². The first-order valence-electron chi connectivity index (χ1n) is 3.88. The van der Waals surface area contributed by atoms with Crippen LogP contribution in [-0.4, -0.2) is 18.7 Å². The summed E-state index contributed by atoms with van der Waals surface area (Å²) in [6, 6.07) is 4.44. The fraction of sp³-hybridized carbons (Fsp3) is 0.222. The number of anilines is 1. The van der Waals surface area contributed by atoms with Crippen molar-refractivity contribution in [2.75, 3.05) is 17.7 Å². The Hall–Kier alpha value is -0.550. The van der Waals surface area contributed by atoms with Gasteiger partial charge in [-0.3, -0.25) is 4.79 Å². The fourth-order valence-corrected chi connectivity index (χ4v) is 1.54. The summed E-state index contributed by atoms with van der Waals surface area (Å²) in [6.07, 6.45) is 0. The molecule has 0 spiro atoms. The van der Waals surface area contributed by atoms with Crippen LogP contribution >= 0.6 is 28.6 Å². The molecule has 0 aliphatic carbocycles. The van der Waals surface area contributed by atoms with E-state index >= 15 is 0 Å². The number of nitrogens with zero attached hydrogens (tertiary/aromatic N) is 1. The topological polar surface area (TPSA) is 20.3 Å². The molecule has 0 bridgehead atoms. The minimum atomic E-state index is -0.425. The first-order chi connectivity index (χ1) is 6.56. The molecule has 0 saturated carbocycles. The maximum atomic E-state index is 13.3. The van der Waals surface area contributed by atoms with E-state index in [2.05, 4.69) is 28.6 Å². The number of hydrogen-bond acceptors (Lipinski definition) is 2. The summed E-state index contributed by atoms with van der Waals surface area (Å²) in [5.41, 5.74) is 0.249. The molecule has 0 saturated heterocycles. The number of benzene rings is 1. The first-order valence-corrected chi connectivity index (χ1v) is 5.31. The Kier molecular flexibility index (Phi) is 3.95. The molecular formula is C9H9BrFNOS. The van der Waals surface area contributed by atoms with Gasteiger partial charge in [-0.05, 0) is 18.2 Å². The van der Waals surface area contributed by atoms with E-state index in [1.54, 1.807) is 12.1 Å². The van der Waals surface area contributed by atoms with E-state index in [0.29, 0.717) is 0 Å². The number of rotatable bonds is 2. The van der Waals surface area contributed by atoms with Crippen LogP contribution in [0.25, 0.3) is 0 Å². The lowest BCUT2D eigenvalue weighted by atomic mass is 10.3. The molecule has 1 amide bonds. The first kappa shape index (κ1) is 11.5. The maximum Gasteiger partial charge on any atom is 0.236 e. The van der Waals surface area contributed by atoms with E-state index in [1.807, 2.05) is 0 Å². The van der Waals surface area contributed by atoms with Crippen LogP contribution in [0.3, 0.4) is 0 Å². The van der Waals surface area contributed by atoms with Gasteiger partial charge in [0.2, 0.25) is 5.91 Å². The molecule has 0 radical (unpaired) electrons. The van der Waals surface area contributed by atoms with Gasteiger partial charge in [-0.1, -0.05) is 15.9 Å². The van der Waals surface area contributed by atoms with E-state index in [0.717, 1.165) is 4.47 Å². The molecule has 0 aliphatic rings.